The second kappa shape index (κ2) is 59.5. The Hall–Kier alpha value is -12.2. The number of methoxy groups -OCH3 is 1. The zero-order valence-corrected chi connectivity index (χ0v) is 92.8. The third kappa shape index (κ3) is 52.0. The first-order chi connectivity index (χ1) is 67.8. The number of hydrogen-bond acceptors (Lipinski definition) is 30. The maximum atomic E-state index is 12.2. The standard InChI is InChI=1S/C32H50Cl2N4O6Si2.C15H14Cl2N4O2.C13H18N2O4.C13H20N2O2.C12H18N2O3.C11H16N2O2.C6H8N2/c1-32(2,3)44-31(39)36-26-18-23(10-12-35-26)11-13-43-30-28(34)24(33)19-25-29(30)37-27(20-42-22-41-15-17-46(7,8)9)38(25)21-40-14-16-45(4,5)6;16-9-6-10-14(21-12(7-22)20-10)15(13(9)17)23-4-2-8-1-3-19-11(18)5-8;1-13(2,3)19-12(17)15-10-7-9(5-6-14-10)8-11(16)18-4;1-5-6-10-7-8-14-11(9-10)15-12(16)17-13(2,3)4;1-12(2,3)17-11(16)14-10-8-9(5-7-15)4-6-13-10;1-8-5-6-12-9(7-8)13-10(14)15-11(2,3)4;1-5-2-3-8-6(7)4-5/h10,12,18-19H,11,13-17,20-22H2,1-9H3,(H,35,36,39);1,3,5-6,22H,2,4,7H2,(H2,18,19)(H,20,21);5-7H,8H2,1-4H3,(H,14,15,17);7-9H,5-6H2,1-4H3,(H,14,15,16);4,6,8,15H,5,7H2,1-3H3,(H,13,14,16);5-7H,1-4H3,(H,12,13,14);2-4H,1H3,(H2,7,8). The van der Waals surface area contributed by atoms with Gasteiger partial charge in [0.05, 0.1) is 47.8 Å². The molecular formula is C102H144Cl4N18O19Si2. The van der Waals surface area contributed by atoms with E-state index in [0.717, 1.165) is 63.8 Å². The van der Waals surface area contributed by atoms with Gasteiger partial charge in [-0.05, 0) is 279 Å². The average Bonchev–Trinajstić information content (AvgIpc) is 1.63. The highest BCUT2D eigenvalue weighted by molar-refractivity contribution is 6.76. The number of hydrogen-bond donors (Lipinski definition) is 10. The molecule has 37 nitrogen and oxygen atoms in total. The predicted molar refractivity (Wildman–Crippen MR) is 576 cm³/mol. The van der Waals surface area contributed by atoms with Crippen LogP contribution in [0.4, 0.5) is 64.7 Å². The number of aromatic nitrogens is 11. The monoisotopic (exact) mass is 2120 g/mol. The van der Waals surface area contributed by atoms with Crippen molar-refractivity contribution >= 4 is 162 Å². The number of imidazole rings is 2. The lowest BCUT2D eigenvalue weighted by Crippen LogP contribution is -2.27. The number of rotatable bonds is 32. The molecule has 5 amide bonds. The van der Waals surface area contributed by atoms with Crippen molar-refractivity contribution in [3.63, 3.8) is 0 Å². The molecule has 11 aromatic rings. The molecule has 792 valence electrons. The number of esters is 1. The highest BCUT2D eigenvalue weighted by atomic mass is 35.5. The Morgan fingerprint density at radius 2 is 0.800 bits per heavy atom. The smallest absolute Gasteiger partial charge is 0.413 e. The number of ether oxygens (including phenoxy) is 11. The van der Waals surface area contributed by atoms with Crippen LogP contribution < -0.4 is 47.5 Å². The van der Waals surface area contributed by atoms with E-state index in [1.54, 1.807) is 154 Å². The third-order valence-corrected chi connectivity index (χ3v) is 23.3. The zero-order valence-electron chi connectivity index (χ0n) is 87.8. The lowest BCUT2D eigenvalue weighted by atomic mass is 10.1. The number of nitrogens with two attached hydrogens (primary N) is 2. The van der Waals surface area contributed by atoms with E-state index in [9.17, 15) is 33.9 Å². The lowest BCUT2D eigenvalue weighted by Gasteiger charge is -2.19. The molecule has 12 N–H and O–H groups in total. The fourth-order valence-electron chi connectivity index (χ4n) is 11.9. The number of benzene rings is 2. The van der Waals surface area contributed by atoms with Gasteiger partial charge in [-0.25, -0.2) is 68.8 Å². The number of fused-ring (bicyclic) bond motifs is 2. The SMILES string of the molecule is CC(C)(C)OC(=O)Nc1cc(CCO)ccn1.CC(C)(C)OC(=O)Nc1cc(CCOc2c(Cl)c(Cl)cc3c2nc(COCOCC[Si](C)(C)C)n3COCC[Si](C)(C)C)ccn1.CCCc1ccnc(NC(=O)OC(C)(C)C)c1.COC(=O)Cc1ccnc(NC(=O)OC(C)(C)C)c1.Cc1ccnc(N)c1.Cc1ccnc(NC(=O)OC(C)(C)C)c1.Nc1cc(CCOc2c(Cl)c(Cl)cc3[nH]c(CO)nc23)ccn1. The number of H-pyrrole nitrogens is 1. The number of pyridine rings is 7. The number of halogens is 4. The van der Waals surface area contributed by atoms with Crippen molar-refractivity contribution in [1.29, 1.82) is 0 Å². The molecule has 0 bridgehead atoms. The summed E-state index contributed by atoms with van der Waals surface area (Å²) in [4.78, 5) is 109. The molecule has 145 heavy (non-hydrogen) atoms. The quantitative estimate of drug-likeness (QED) is 0.00615. The van der Waals surface area contributed by atoms with Crippen LogP contribution in [0.5, 0.6) is 11.5 Å². The molecule has 0 spiro atoms. The Labute approximate surface area is 871 Å². The molecule has 0 saturated carbocycles. The Balaban J connectivity index is 0.000000318. The van der Waals surface area contributed by atoms with Crippen molar-refractivity contribution in [2.75, 3.05) is 85.0 Å². The Morgan fingerprint density at radius 3 is 1.19 bits per heavy atom. The lowest BCUT2D eigenvalue weighted by molar-refractivity contribution is -0.139. The maximum absolute atomic E-state index is 12.2. The summed E-state index contributed by atoms with van der Waals surface area (Å²) in [5.74, 6) is 4.74. The largest absolute Gasteiger partial charge is 0.489 e. The van der Waals surface area contributed by atoms with Crippen LogP contribution in [0, 0.1) is 13.8 Å². The van der Waals surface area contributed by atoms with Crippen LogP contribution in [0.25, 0.3) is 22.1 Å². The highest BCUT2D eigenvalue weighted by Crippen LogP contribution is 2.41. The molecule has 0 aliphatic rings. The number of carbonyl (C=O) groups is 6. The summed E-state index contributed by atoms with van der Waals surface area (Å²) in [6.45, 7) is 49.5. The molecule has 0 aliphatic heterocycles. The number of anilines is 7. The molecule has 0 radical (unpaired) electrons. The molecule has 0 saturated heterocycles. The first kappa shape index (κ1) is 123. The Bertz CT molecular complexity index is 5860. The molecule has 9 aromatic heterocycles. The van der Waals surface area contributed by atoms with Crippen molar-refractivity contribution in [2.24, 2.45) is 0 Å². The van der Waals surface area contributed by atoms with E-state index in [1.807, 2.05) is 102 Å². The van der Waals surface area contributed by atoms with Crippen molar-refractivity contribution in [1.82, 2.24) is 54.4 Å². The number of nitrogen functional groups attached to an aromatic ring is 2. The van der Waals surface area contributed by atoms with Crippen LogP contribution in [0.3, 0.4) is 0 Å². The minimum atomic E-state index is -1.26. The van der Waals surface area contributed by atoms with E-state index in [2.05, 4.69) is 122 Å². The minimum absolute atomic E-state index is 0.0654. The number of aliphatic hydroxyl groups is 2. The van der Waals surface area contributed by atoms with Gasteiger partial charge in [-0.15, -0.1) is 0 Å². The molecule has 0 aliphatic carbocycles. The van der Waals surface area contributed by atoms with Crippen LogP contribution in [-0.2, 0) is 99.5 Å². The summed E-state index contributed by atoms with van der Waals surface area (Å²) in [7, 11) is -1.13. The van der Waals surface area contributed by atoms with E-state index >= 15 is 0 Å². The van der Waals surface area contributed by atoms with Gasteiger partial charge < -0.3 is 83.3 Å². The predicted octanol–water partition coefficient (Wildman–Crippen LogP) is 23.0. The van der Waals surface area contributed by atoms with E-state index in [-0.39, 0.29) is 57.4 Å². The van der Waals surface area contributed by atoms with Gasteiger partial charge >= 0.3 is 36.4 Å². The normalized spacial score (nSPS) is 11.4. The summed E-state index contributed by atoms with van der Waals surface area (Å²) in [5, 5.41) is 32.2. The van der Waals surface area contributed by atoms with Crippen LogP contribution in [0.15, 0.2) is 140 Å². The third-order valence-electron chi connectivity index (χ3n) is 18.3. The number of aryl methyl sites for hydroxylation is 3. The number of aliphatic hydroxyl groups excluding tert-OH is 2. The molecule has 9 heterocycles. The van der Waals surface area contributed by atoms with Gasteiger partial charge in [-0.2, -0.15) is 0 Å². The summed E-state index contributed by atoms with van der Waals surface area (Å²) < 4.78 is 62.0. The van der Waals surface area contributed by atoms with Crippen LogP contribution in [-0.4, -0.2) is 192 Å². The van der Waals surface area contributed by atoms with Crippen LogP contribution in [0.1, 0.15) is 168 Å². The second-order valence-electron chi connectivity index (χ2n) is 40.2. The van der Waals surface area contributed by atoms with Crippen LogP contribution >= 0.6 is 46.4 Å². The molecule has 0 atom stereocenters. The molecule has 2 aromatic carbocycles. The van der Waals surface area contributed by atoms with E-state index in [4.69, 9.17) is 115 Å². The molecule has 0 fully saturated rings. The van der Waals surface area contributed by atoms with Gasteiger partial charge in [0.1, 0.15) is 128 Å². The Kier molecular flexibility index (Phi) is 50.6. The fraction of sp³-hybridized carbons (Fsp3) is 0.461. The van der Waals surface area contributed by atoms with Crippen molar-refractivity contribution in [3.8, 4) is 11.5 Å². The van der Waals surface area contributed by atoms with Gasteiger partial charge in [0.2, 0.25) is 0 Å². The topological polar surface area (TPSA) is 493 Å². The number of nitrogens with zero attached hydrogens (tertiary/aromatic N) is 10. The Morgan fingerprint density at radius 1 is 0.434 bits per heavy atom. The first-order valence-electron chi connectivity index (χ1n) is 46.9. The van der Waals surface area contributed by atoms with Crippen molar-refractivity contribution < 1.29 is 91.1 Å². The van der Waals surface area contributed by atoms with Crippen molar-refractivity contribution in [2.45, 2.75) is 262 Å². The van der Waals surface area contributed by atoms with Crippen molar-refractivity contribution in [3.05, 3.63) is 211 Å². The van der Waals surface area contributed by atoms with E-state index in [0.29, 0.717) is 140 Å². The molecule has 11 rings (SSSR count). The number of aromatic amines is 1. The number of carbonyl (C=O) groups excluding carboxylic acids is 6. The fourth-order valence-corrected chi connectivity index (χ4v) is 14.2. The van der Waals surface area contributed by atoms with Gasteiger partial charge in [-0.1, -0.05) is 99.0 Å². The summed E-state index contributed by atoms with van der Waals surface area (Å²) in [6, 6.07) is 30.8. The van der Waals surface area contributed by atoms with E-state index < -0.39 is 74.6 Å². The molecule has 0 unspecified atom stereocenters. The molecular weight excluding hydrogens is 1980 g/mol. The minimum Gasteiger partial charge on any atom is -0.489 e. The summed E-state index contributed by atoms with van der Waals surface area (Å²) >= 11 is 25.6. The van der Waals surface area contributed by atoms with Gasteiger partial charge in [0, 0.05) is 92.2 Å². The highest BCUT2D eigenvalue weighted by Gasteiger charge is 2.26. The molecule has 43 heteroatoms. The maximum Gasteiger partial charge on any atom is 0.413 e. The second-order valence-corrected chi connectivity index (χ2v) is 53.0. The number of amides is 5. The first-order valence-corrected chi connectivity index (χ1v) is 55.8. The van der Waals surface area contributed by atoms with Gasteiger partial charge in [-0.3, -0.25) is 31.4 Å². The number of nitrogens with one attached hydrogen (secondary N) is 6. The zero-order chi connectivity index (χ0) is 108. The van der Waals surface area contributed by atoms with E-state index in [1.165, 1.54) is 13.3 Å². The van der Waals surface area contributed by atoms with Gasteiger partial charge in [0.25, 0.3) is 0 Å². The summed E-state index contributed by atoms with van der Waals surface area (Å²) in [5.41, 5.74) is 17.7. The summed E-state index contributed by atoms with van der Waals surface area (Å²) in [6.07, 6.45) is 12.6. The average molecular weight is 2120 g/mol. The van der Waals surface area contributed by atoms with Gasteiger partial charge in [0.15, 0.2) is 11.5 Å². The van der Waals surface area contributed by atoms with Crippen LogP contribution in [0.2, 0.25) is 71.5 Å².